The van der Waals surface area contributed by atoms with Crippen LogP contribution in [0.5, 0.6) is 0 Å². The van der Waals surface area contributed by atoms with Gasteiger partial charge in [0.15, 0.2) is 0 Å². The fraction of sp³-hybridized carbons (Fsp3) is 0.667. The van der Waals surface area contributed by atoms with E-state index in [9.17, 15) is 4.79 Å². The topological polar surface area (TPSA) is 52.2 Å². The third kappa shape index (κ3) is 3.06. The summed E-state index contributed by atoms with van der Waals surface area (Å²) < 4.78 is 0. The number of aromatic nitrogens is 2. The van der Waals surface area contributed by atoms with Crippen LogP contribution in [-0.4, -0.2) is 52.9 Å². The lowest BCUT2D eigenvalue weighted by Crippen LogP contribution is -2.42. The van der Waals surface area contributed by atoms with E-state index in [4.69, 9.17) is 0 Å². The van der Waals surface area contributed by atoms with Crippen molar-refractivity contribution < 1.29 is 4.79 Å². The van der Waals surface area contributed by atoms with Gasteiger partial charge in [-0.05, 0) is 19.4 Å². The number of imidazole rings is 1. The zero-order valence-electron chi connectivity index (χ0n) is 10.5. The largest absolute Gasteiger partial charge is 0.349 e. The molecule has 1 unspecified atom stereocenters. The van der Waals surface area contributed by atoms with Crippen molar-refractivity contribution in [2.75, 3.05) is 27.2 Å². The predicted molar refractivity (Wildman–Crippen MR) is 65.3 cm³/mol. The molecule has 0 spiro atoms. The minimum Gasteiger partial charge on any atom is -0.349 e. The number of likely N-dealkylation sites (tertiary alicyclic amines) is 1. The van der Waals surface area contributed by atoms with Crippen molar-refractivity contribution >= 4 is 5.91 Å². The van der Waals surface area contributed by atoms with E-state index in [0.717, 1.165) is 38.3 Å². The number of hydrogen-bond acceptors (Lipinski definition) is 3. The highest BCUT2D eigenvalue weighted by Crippen LogP contribution is 2.19. The second-order valence-electron chi connectivity index (χ2n) is 4.84. The molecule has 1 amide bonds. The van der Waals surface area contributed by atoms with E-state index in [1.807, 2.05) is 20.3 Å². The van der Waals surface area contributed by atoms with E-state index in [-0.39, 0.29) is 11.8 Å². The summed E-state index contributed by atoms with van der Waals surface area (Å²) in [5, 5.41) is 0. The third-order valence-corrected chi connectivity index (χ3v) is 3.22. The first-order valence-electron chi connectivity index (χ1n) is 6.08. The Morgan fingerprint density at radius 3 is 3.12 bits per heavy atom. The molecule has 5 heteroatoms. The molecule has 1 aliphatic heterocycles. The molecule has 1 aromatic rings. The highest BCUT2D eigenvalue weighted by molar-refractivity contribution is 5.78. The summed E-state index contributed by atoms with van der Waals surface area (Å²) in [5.74, 6) is 1.37. The maximum atomic E-state index is 11.9. The predicted octanol–water partition coefficient (Wildman–Crippen LogP) is 0.710. The van der Waals surface area contributed by atoms with Gasteiger partial charge in [0.25, 0.3) is 0 Å². The Hall–Kier alpha value is -1.36. The maximum Gasteiger partial charge on any atom is 0.226 e. The fourth-order valence-electron chi connectivity index (χ4n) is 2.36. The van der Waals surface area contributed by atoms with Gasteiger partial charge in [0, 0.05) is 33.0 Å². The Labute approximate surface area is 102 Å². The fourth-order valence-corrected chi connectivity index (χ4v) is 2.36. The molecule has 1 N–H and O–H groups in total. The number of nitrogens with zero attached hydrogens (tertiary/aromatic N) is 3. The molecule has 17 heavy (non-hydrogen) atoms. The second kappa shape index (κ2) is 5.31. The Morgan fingerprint density at radius 2 is 2.47 bits per heavy atom. The minimum absolute atomic E-state index is 0.147. The molecule has 0 radical (unpaired) electrons. The number of H-pyrrole nitrogens is 1. The maximum absolute atomic E-state index is 11.9. The summed E-state index contributed by atoms with van der Waals surface area (Å²) in [6.07, 6.45) is 5.69. The number of carbonyl (C=O) groups is 1. The molecule has 0 saturated carbocycles. The average Bonchev–Trinajstić information content (AvgIpc) is 2.81. The number of rotatable bonds is 3. The molecule has 1 aromatic heterocycles. The van der Waals surface area contributed by atoms with Gasteiger partial charge in [-0.2, -0.15) is 0 Å². The van der Waals surface area contributed by atoms with Gasteiger partial charge in [0.05, 0.1) is 12.5 Å². The first-order chi connectivity index (χ1) is 8.16. The van der Waals surface area contributed by atoms with E-state index in [1.54, 1.807) is 11.1 Å². The van der Waals surface area contributed by atoms with Gasteiger partial charge in [-0.1, -0.05) is 0 Å². The van der Waals surface area contributed by atoms with Crippen LogP contribution in [0.1, 0.15) is 18.7 Å². The zero-order chi connectivity index (χ0) is 12.3. The summed E-state index contributed by atoms with van der Waals surface area (Å²) in [6, 6.07) is 0. The normalized spacial score (nSPS) is 21.4. The Balaban J connectivity index is 1.91. The van der Waals surface area contributed by atoms with Crippen LogP contribution in [-0.2, 0) is 11.3 Å². The number of carbonyl (C=O) groups excluding carboxylic acids is 1. The number of hydrogen-bond donors (Lipinski definition) is 1. The van der Waals surface area contributed by atoms with Crippen LogP contribution in [0.2, 0.25) is 0 Å². The third-order valence-electron chi connectivity index (χ3n) is 3.22. The quantitative estimate of drug-likeness (QED) is 0.841. The highest BCUT2D eigenvalue weighted by Gasteiger charge is 2.26. The first kappa shape index (κ1) is 12.1. The summed E-state index contributed by atoms with van der Waals surface area (Å²) in [6.45, 7) is 2.71. The molecule has 5 nitrogen and oxygen atoms in total. The van der Waals surface area contributed by atoms with E-state index >= 15 is 0 Å². The van der Waals surface area contributed by atoms with Gasteiger partial charge < -0.3 is 9.88 Å². The Kier molecular flexibility index (Phi) is 3.78. The van der Waals surface area contributed by atoms with Gasteiger partial charge in [0.2, 0.25) is 5.91 Å². The van der Waals surface area contributed by atoms with Gasteiger partial charge in [0.1, 0.15) is 5.82 Å². The molecule has 94 valence electrons. The summed E-state index contributed by atoms with van der Waals surface area (Å²) in [7, 11) is 3.65. The van der Waals surface area contributed by atoms with Crippen molar-refractivity contribution in [2.24, 2.45) is 5.92 Å². The van der Waals surface area contributed by atoms with Gasteiger partial charge in [-0.25, -0.2) is 4.98 Å². The molecule has 2 rings (SSSR count). The lowest BCUT2D eigenvalue weighted by atomic mass is 9.97. The van der Waals surface area contributed by atoms with Crippen molar-refractivity contribution in [1.82, 2.24) is 19.8 Å². The van der Waals surface area contributed by atoms with Crippen molar-refractivity contribution in [3.8, 4) is 0 Å². The zero-order valence-corrected chi connectivity index (χ0v) is 10.5. The van der Waals surface area contributed by atoms with Crippen molar-refractivity contribution in [3.63, 3.8) is 0 Å². The van der Waals surface area contributed by atoms with Crippen molar-refractivity contribution in [1.29, 1.82) is 0 Å². The summed E-state index contributed by atoms with van der Waals surface area (Å²) in [5.41, 5.74) is 0. The number of amides is 1. The molecule has 0 aliphatic carbocycles. The molecular weight excluding hydrogens is 216 g/mol. The lowest BCUT2D eigenvalue weighted by molar-refractivity contribution is -0.134. The highest BCUT2D eigenvalue weighted by atomic mass is 16.2. The van der Waals surface area contributed by atoms with E-state index in [0.29, 0.717) is 0 Å². The minimum atomic E-state index is 0.147. The smallest absolute Gasteiger partial charge is 0.226 e. The van der Waals surface area contributed by atoms with Crippen LogP contribution in [0, 0.1) is 5.92 Å². The van der Waals surface area contributed by atoms with Crippen molar-refractivity contribution in [3.05, 3.63) is 18.2 Å². The standard InChI is InChI=1S/C12H20N4O/c1-15(2)12(17)10-4-3-7-16(8-10)9-11-13-5-6-14-11/h5-6,10H,3-4,7-9H2,1-2H3,(H,13,14). The number of nitrogens with one attached hydrogen (secondary N) is 1. The molecule has 1 atom stereocenters. The number of aromatic amines is 1. The van der Waals surface area contributed by atoms with Crippen LogP contribution in [0.3, 0.4) is 0 Å². The Morgan fingerprint density at radius 1 is 1.65 bits per heavy atom. The Bertz CT molecular complexity index is 361. The monoisotopic (exact) mass is 236 g/mol. The molecule has 1 aliphatic rings. The summed E-state index contributed by atoms with van der Waals surface area (Å²) >= 11 is 0. The summed E-state index contributed by atoms with van der Waals surface area (Å²) in [4.78, 5) is 23.2. The number of piperidine rings is 1. The van der Waals surface area contributed by atoms with E-state index in [2.05, 4.69) is 14.9 Å². The van der Waals surface area contributed by atoms with Crippen molar-refractivity contribution in [2.45, 2.75) is 19.4 Å². The molecule has 2 heterocycles. The molecule has 1 fully saturated rings. The van der Waals surface area contributed by atoms with Crippen LogP contribution in [0.4, 0.5) is 0 Å². The van der Waals surface area contributed by atoms with Gasteiger partial charge in [-0.15, -0.1) is 0 Å². The van der Waals surface area contributed by atoms with Crippen LogP contribution >= 0.6 is 0 Å². The van der Waals surface area contributed by atoms with Crippen LogP contribution in [0.15, 0.2) is 12.4 Å². The molecule has 1 saturated heterocycles. The van der Waals surface area contributed by atoms with Gasteiger partial charge >= 0.3 is 0 Å². The van der Waals surface area contributed by atoms with Gasteiger partial charge in [-0.3, -0.25) is 9.69 Å². The molecular formula is C12H20N4O. The lowest BCUT2D eigenvalue weighted by Gasteiger charge is -2.32. The van der Waals surface area contributed by atoms with Crippen LogP contribution in [0.25, 0.3) is 0 Å². The first-order valence-corrected chi connectivity index (χ1v) is 6.08. The second-order valence-corrected chi connectivity index (χ2v) is 4.84. The van der Waals surface area contributed by atoms with E-state index < -0.39 is 0 Å². The van der Waals surface area contributed by atoms with Crippen LogP contribution < -0.4 is 0 Å². The average molecular weight is 236 g/mol. The molecule has 0 bridgehead atoms. The SMILES string of the molecule is CN(C)C(=O)C1CCCN(Cc2ncc[nH]2)C1. The van der Waals surface area contributed by atoms with E-state index in [1.165, 1.54) is 0 Å². The molecule has 0 aromatic carbocycles.